The second kappa shape index (κ2) is 9.73. The second-order valence-electron chi connectivity index (χ2n) is 6.95. The summed E-state index contributed by atoms with van der Waals surface area (Å²) < 4.78 is 19.1. The van der Waals surface area contributed by atoms with E-state index in [2.05, 4.69) is 25.4 Å². The highest BCUT2D eigenvalue weighted by Crippen LogP contribution is 2.27. The molecule has 0 amide bonds. The Bertz CT molecular complexity index is 1290. The van der Waals surface area contributed by atoms with Crippen LogP contribution in [0.3, 0.4) is 0 Å². The molecule has 168 valence electrons. The van der Waals surface area contributed by atoms with Crippen LogP contribution in [0.2, 0.25) is 0 Å². The van der Waals surface area contributed by atoms with Crippen LogP contribution >= 0.6 is 0 Å². The summed E-state index contributed by atoms with van der Waals surface area (Å²) in [4.78, 5) is 23.5. The summed E-state index contributed by atoms with van der Waals surface area (Å²) in [6, 6.07) is 15.1. The van der Waals surface area contributed by atoms with E-state index in [0.29, 0.717) is 22.8 Å². The van der Waals surface area contributed by atoms with Crippen molar-refractivity contribution < 1.29 is 9.13 Å². The van der Waals surface area contributed by atoms with Crippen LogP contribution in [-0.4, -0.2) is 43.8 Å². The molecule has 0 fully saturated rings. The molecule has 0 aliphatic rings. The summed E-state index contributed by atoms with van der Waals surface area (Å²) >= 11 is 0. The number of rotatable bonds is 9. The number of amidine groups is 1. The van der Waals surface area contributed by atoms with Gasteiger partial charge in [0.25, 0.3) is 5.95 Å². The van der Waals surface area contributed by atoms with Crippen molar-refractivity contribution in [3.8, 4) is 11.7 Å². The fraction of sp³-hybridized carbons (Fsp3) is 0.136. The van der Waals surface area contributed by atoms with Gasteiger partial charge in [-0.1, -0.05) is 12.1 Å². The van der Waals surface area contributed by atoms with Gasteiger partial charge in [-0.3, -0.25) is 10.4 Å². The quantitative estimate of drug-likeness (QED) is 0.227. The van der Waals surface area contributed by atoms with Gasteiger partial charge in [-0.25, -0.2) is 19.2 Å². The van der Waals surface area contributed by atoms with Gasteiger partial charge in [0.2, 0.25) is 0 Å². The van der Waals surface area contributed by atoms with Gasteiger partial charge in [0, 0.05) is 23.6 Å². The predicted molar refractivity (Wildman–Crippen MR) is 121 cm³/mol. The third kappa shape index (κ3) is 5.03. The van der Waals surface area contributed by atoms with Gasteiger partial charge >= 0.3 is 5.69 Å². The number of hydrogen-bond donors (Lipinski definition) is 4. The third-order valence-corrected chi connectivity index (χ3v) is 4.69. The van der Waals surface area contributed by atoms with E-state index in [1.807, 2.05) is 6.07 Å². The molecule has 10 nitrogen and oxygen atoms in total. The zero-order valence-electron chi connectivity index (χ0n) is 17.4. The highest BCUT2D eigenvalue weighted by atomic mass is 19.1. The fourth-order valence-corrected chi connectivity index (χ4v) is 3.17. The molecule has 11 heteroatoms. The number of anilines is 1. The van der Waals surface area contributed by atoms with E-state index in [1.165, 1.54) is 12.4 Å². The highest BCUT2D eigenvalue weighted by molar-refractivity contribution is 5.95. The first-order valence-electron chi connectivity index (χ1n) is 10.0. The highest BCUT2D eigenvalue weighted by Gasteiger charge is 2.21. The van der Waals surface area contributed by atoms with Crippen LogP contribution in [-0.2, 0) is 0 Å². The van der Waals surface area contributed by atoms with Gasteiger partial charge in [-0.15, -0.1) is 9.78 Å². The average Bonchev–Trinajstić information content (AvgIpc) is 3.23. The van der Waals surface area contributed by atoms with Crippen molar-refractivity contribution in [1.29, 1.82) is 5.41 Å². The minimum atomic E-state index is -0.608. The second-order valence-corrected chi connectivity index (χ2v) is 6.95. The number of aromatic amines is 1. The molecule has 0 aliphatic carbocycles. The largest absolute Gasteiger partial charge is 0.491 e. The smallest absolute Gasteiger partial charge is 0.350 e. The SMILES string of the molecule is N=C(N)c1ccc(NC(c2cccc(OCCF)c2)c2nn(-c3ncccn3)c(=O)[nH]2)cc1. The first-order chi connectivity index (χ1) is 16.0. The predicted octanol–water partition coefficient (Wildman–Crippen LogP) is 2.18. The number of nitrogen functional groups attached to an aromatic ring is 1. The van der Waals surface area contributed by atoms with Crippen molar-refractivity contribution in [3.63, 3.8) is 0 Å². The lowest BCUT2D eigenvalue weighted by molar-refractivity contribution is 0.273. The van der Waals surface area contributed by atoms with E-state index >= 15 is 0 Å². The molecule has 0 saturated carbocycles. The third-order valence-electron chi connectivity index (χ3n) is 4.69. The van der Waals surface area contributed by atoms with Crippen LogP contribution in [0, 0.1) is 5.41 Å². The van der Waals surface area contributed by atoms with Crippen LogP contribution in [0.5, 0.6) is 5.75 Å². The van der Waals surface area contributed by atoms with Crippen LogP contribution < -0.4 is 21.5 Å². The summed E-state index contributed by atoms with van der Waals surface area (Å²) in [5.74, 6) is 0.888. The molecule has 1 atom stereocenters. The van der Waals surface area contributed by atoms with Gasteiger partial charge in [0.15, 0.2) is 5.82 Å². The Kier molecular flexibility index (Phi) is 6.39. The van der Waals surface area contributed by atoms with E-state index in [9.17, 15) is 9.18 Å². The lowest BCUT2D eigenvalue weighted by Gasteiger charge is -2.19. The molecule has 2 aromatic heterocycles. The first kappa shape index (κ1) is 21.7. The number of halogens is 1. The summed E-state index contributed by atoms with van der Waals surface area (Å²) in [7, 11) is 0. The Labute approximate surface area is 187 Å². The maximum atomic E-state index is 12.6. The van der Waals surface area contributed by atoms with Crippen molar-refractivity contribution in [2.45, 2.75) is 6.04 Å². The Morgan fingerprint density at radius 1 is 1.18 bits per heavy atom. The average molecular weight is 448 g/mol. The topological polar surface area (TPSA) is 148 Å². The van der Waals surface area contributed by atoms with Gasteiger partial charge in [0.05, 0.1) is 0 Å². The van der Waals surface area contributed by atoms with Gasteiger partial charge < -0.3 is 15.8 Å². The van der Waals surface area contributed by atoms with Gasteiger partial charge in [0.1, 0.15) is 30.9 Å². The van der Waals surface area contributed by atoms with E-state index in [1.54, 1.807) is 48.5 Å². The normalized spacial score (nSPS) is 11.7. The van der Waals surface area contributed by atoms with Gasteiger partial charge in [-0.05, 0) is 48.0 Å². The Hall–Kier alpha value is -4.54. The maximum Gasteiger partial charge on any atom is 0.350 e. The molecular weight excluding hydrogens is 427 g/mol. The molecule has 0 spiro atoms. The van der Waals surface area contributed by atoms with Crippen LogP contribution in [0.25, 0.3) is 5.95 Å². The number of nitrogens with two attached hydrogens (primary N) is 1. The number of benzene rings is 2. The molecule has 0 saturated heterocycles. The number of aromatic nitrogens is 5. The molecule has 0 aliphatic heterocycles. The summed E-state index contributed by atoms with van der Waals surface area (Å²) in [6.07, 6.45) is 3.03. The molecule has 5 N–H and O–H groups in total. The minimum Gasteiger partial charge on any atom is -0.491 e. The number of ether oxygens (including phenoxy) is 1. The lowest BCUT2D eigenvalue weighted by Crippen LogP contribution is -2.18. The standard InChI is InChI=1S/C22H21FN8O2/c23-9-12-33-17-4-1-3-15(13-17)18(28-16-7-5-14(6-8-16)19(24)25)20-29-22(32)31(30-20)21-26-10-2-11-27-21/h1-8,10-11,13,18,28H,9,12H2,(H3,24,25)(H,29,30,32). The molecule has 4 aromatic rings. The number of hydrogen-bond acceptors (Lipinski definition) is 7. The van der Waals surface area contributed by atoms with Crippen molar-refractivity contribution in [3.05, 3.63) is 94.4 Å². The first-order valence-corrected chi connectivity index (χ1v) is 10.0. The molecule has 2 heterocycles. The monoisotopic (exact) mass is 448 g/mol. The van der Waals surface area contributed by atoms with Crippen molar-refractivity contribution >= 4 is 11.5 Å². The fourth-order valence-electron chi connectivity index (χ4n) is 3.17. The summed E-state index contributed by atoms with van der Waals surface area (Å²) in [5, 5.41) is 15.3. The molecule has 1 unspecified atom stereocenters. The minimum absolute atomic E-state index is 0.0400. The Morgan fingerprint density at radius 2 is 1.94 bits per heavy atom. The number of H-pyrrole nitrogens is 1. The number of alkyl halides is 1. The van der Waals surface area contributed by atoms with Crippen LogP contribution in [0.1, 0.15) is 23.0 Å². The van der Waals surface area contributed by atoms with E-state index in [-0.39, 0.29) is 18.4 Å². The van der Waals surface area contributed by atoms with E-state index in [0.717, 1.165) is 10.2 Å². The van der Waals surface area contributed by atoms with Crippen molar-refractivity contribution in [2.24, 2.45) is 5.73 Å². The maximum absolute atomic E-state index is 12.6. The molecule has 0 bridgehead atoms. The summed E-state index contributed by atoms with van der Waals surface area (Å²) in [6.45, 7) is -0.673. The molecule has 2 aromatic carbocycles. The number of nitrogens with zero attached hydrogens (tertiary/aromatic N) is 4. The Balaban J connectivity index is 1.73. The lowest BCUT2D eigenvalue weighted by atomic mass is 10.0. The zero-order chi connectivity index (χ0) is 23.2. The van der Waals surface area contributed by atoms with Crippen molar-refractivity contribution in [2.75, 3.05) is 18.6 Å². The number of nitrogens with one attached hydrogen (secondary N) is 3. The van der Waals surface area contributed by atoms with E-state index in [4.69, 9.17) is 15.9 Å². The van der Waals surface area contributed by atoms with Crippen molar-refractivity contribution in [1.82, 2.24) is 24.7 Å². The van der Waals surface area contributed by atoms with Gasteiger partial charge in [-0.2, -0.15) is 0 Å². The Morgan fingerprint density at radius 3 is 2.64 bits per heavy atom. The van der Waals surface area contributed by atoms with Crippen LogP contribution in [0.4, 0.5) is 10.1 Å². The van der Waals surface area contributed by atoms with Crippen LogP contribution in [0.15, 0.2) is 71.8 Å². The molecule has 0 radical (unpaired) electrons. The molecule has 33 heavy (non-hydrogen) atoms. The zero-order valence-corrected chi connectivity index (χ0v) is 17.4. The summed E-state index contributed by atoms with van der Waals surface area (Å²) in [5.41, 5.74) is 7.04. The van der Waals surface area contributed by atoms with E-state index < -0.39 is 18.4 Å². The molecule has 4 rings (SSSR count). The molecular formula is C22H21FN8O2.